The van der Waals surface area contributed by atoms with Crippen molar-refractivity contribution in [2.45, 2.75) is 6.92 Å². The smallest absolute Gasteiger partial charge is 0.410 e. The van der Waals surface area contributed by atoms with Crippen LogP contribution in [-0.2, 0) is 9.53 Å². The van der Waals surface area contributed by atoms with Crippen LogP contribution in [-0.4, -0.2) is 43.2 Å². The number of nitrogens with zero attached hydrogens (tertiary/aromatic N) is 1. The molecule has 6 nitrogen and oxygen atoms in total. The van der Waals surface area contributed by atoms with Gasteiger partial charge >= 0.3 is 6.09 Å². The van der Waals surface area contributed by atoms with Gasteiger partial charge in [-0.15, -0.1) is 0 Å². The molecule has 1 aliphatic heterocycles. The van der Waals surface area contributed by atoms with Gasteiger partial charge in [0.1, 0.15) is 5.75 Å². The maximum absolute atomic E-state index is 11.8. The van der Waals surface area contributed by atoms with Gasteiger partial charge in [0.25, 0.3) is 0 Å². The van der Waals surface area contributed by atoms with Crippen LogP contribution in [0.3, 0.4) is 0 Å². The molecular formula is C13H16N2O4. The maximum Gasteiger partial charge on any atom is 0.415 e. The minimum atomic E-state index is -0.379. The van der Waals surface area contributed by atoms with Gasteiger partial charge in [-0.25, -0.2) is 4.79 Å². The normalized spacial score (nSPS) is 14.9. The first-order chi connectivity index (χ1) is 9.15. The van der Waals surface area contributed by atoms with Gasteiger partial charge in [0.2, 0.25) is 5.91 Å². The summed E-state index contributed by atoms with van der Waals surface area (Å²) in [6, 6.07) is 6.65. The van der Waals surface area contributed by atoms with Crippen LogP contribution in [0, 0.1) is 0 Å². The van der Waals surface area contributed by atoms with Crippen molar-refractivity contribution >= 4 is 17.7 Å². The number of hydrogen-bond acceptors (Lipinski definition) is 4. The zero-order valence-corrected chi connectivity index (χ0v) is 10.7. The largest absolute Gasteiger partial charge is 0.415 e. The fourth-order valence-corrected chi connectivity index (χ4v) is 1.72. The number of carbonyl (C=O) groups excluding carboxylic acids is 2. The van der Waals surface area contributed by atoms with E-state index in [9.17, 15) is 9.59 Å². The van der Waals surface area contributed by atoms with Gasteiger partial charge in [-0.1, -0.05) is 0 Å². The molecule has 19 heavy (non-hydrogen) atoms. The van der Waals surface area contributed by atoms with Crippen LogP contribution in [0.1, 0.15) is 6.92 Å². The standard InChI is InChI=1S/C13H16N2O4/c1-10(16)14-11-2-4-12(5-3-11)19-13(17)15-6-8-18-9-7-15/h2-5H,6-9H2,1H3,(H,14,16). The van der Waals surface area contributed by atoms with Crippen LogP contribution in [0.15, 0.2) is 24.3 Å². The number of ether oxygens (including phenoxy) is 2. The van der Waals surface area contributed by atoms with Gasteiger partial charge < -0.3 is 19.7 Å². The van der Waals surface area contributed by atoms with Gasteiger partial charge in [-0.2, -0.15) is 0 Å². The summed E-state index contributed by atoms with van der Waals surface area (Å²) in [6.07, 6.45) is -0.379. The van der Waals surface area contributed by atoms with E-state index in [-0.39, 0.29) is 12.0 Å². The molecule has 1 aromatic carbocycles. The molecule has 0 radical (unpaired) electrons. The third kappa shape index (κ3) is 3.96. The number of carbonyl (C=O) groups is 2. The minimum absolute atomic E-state index is 0.141. The van der Waals surface area contributed by atoms with Crippen molar-refractivity contribution in [1.82, 2.24) is 4.90 Å². The molecule has 2 amide bonds. The molecular weight excluding hydrogens is 248 g/mol. The van der Waals surface area contributed by atoms with Gasteiger partial charge in [0.05, 0.1) is 13.2 Å². The summed E-state index contributed by atoms with van der Waals surface area (Å²) in [4.78, 5) is 24.3. The second kappa shape index (κ2) is 6.19. The predicted octanol–water partition coefficient (Wildman–Crippen LogP) is 1.48. The first-order valence-corrected chi connectivity index (χ1v) is 6.07. The van der Waals surface area contributed by atoms with E-state index in [4.69, 9.17) is 9.47 Å². The molecule has 1 saturated heterocycles. The highest BCUT2D eigenvalue weighted by atomic mass is 16.6. The predicted molar refractivity (Wildman–Crippen MR) is 69.2 cm³/mol. The first kappa shape index (κ1) is 13.4. The highest BCUT2D eigenvalue weighted by Gasteiger charge is 2.18. The monoisotopic (exact) mass is 264 g/mol. The van der Waals surface area contributed by atoms with E-state index < -0.39 is 0 Å². The summed E-state index contributed by atoms with van der Waals surface area (Å²) in [6.45, 7) is 3.60. The lowest BCUT2D eigenvalue weighted by molar-refractivity contribution is -0.114. The molecule has 1 N–H and O–H groups in total. The molecule has 1 aromatic rings. The maximum atomic E-state index is 11.8. The van der Waals surface area contributed by atoms with Crippen molar-refractivity contribution in [2.24, 2.45) is 0 Å². The number of hydrogen-bond donors (Lipinski definition) is 1. The van der Waals surface area contributed by atoms with Crippen molar-refractivity contribution < 1.29 is 19.1 Å². The lowest BCUT2D eigenvalue weighted by Gasteiger charge is -2.25. The van der Waals surface area contributed by atoms with E-state index in [1.165, 1.54) is 6.92 Å². The van der Waals surface area contributed by atoms with Crippen LogP contribution in [0.5, 0.6) is 5.75 Å². The summed E-state index contributed by atoms with van der Waals surface area (Å²) in [5, 5.41) is 2.64. The van der Waals surface area contributed by atoms with Crippen LogP contribution < -0.4 is 10.1 Å². The van der Waals surface area contributed by atoms with Gasteiger partial charge in [0.15, 0.2) is 0 Å². The molecule has 1 heterocycles. The lowest BCUT2D eigenvalue weighted by Crippen LogP contribution is -2.42. The molecule has 0 aliphatic carbocycles. The van der Waals surface area contributed by atoms with Crippen LogP contribution in [0.25, 0.3) is 0 Å². The molecule has 0 saturated carbocycles. The highest BCUT2D eigenvalue weighted by Crippen LogP contribution is 2.16. The third-order valence-electron chi connectivity index (χ3n) is 2.65. The Hall–Kier alpha value is -2.08. The van der Waals surface area contributed by atoms with Crippen LogP contribution in [0.4, 0.5) is 10.5 Å². The number of amides is 2. The summed E-state index contributed by atoms with van der Waals surface area (Å²) in [5.74, 6) is 0.309. The van der Waals surface area contributed by atoms with Crippen molar-refractivity contribution in [3.63, 3.8) is 0 Å². The summed E-state index contributed by atoms with van der Waals surface area (Å²) in [5.41, 5.74) is 0.665. The quantitative estimate of drug-likeness (QED) is 0.878. The third-order valence-corrected chi connectivity index (χ3v) is 2.65. The Morgan fingerprint density at radius 2 is 1.84 bits per heavy atom. The first-order valence-electron chi connectivity index (χ1n) is 6.07. The number of benzene rings is 1. The Morgan fingerprint density at radius 3 is 2.42 bits per heavy atom. The van der Waals surface area contributed by atoms with Gasteiger partial charge in [-0.05, 0) is 24.3 Å². The van der Waals surface area contributed by atoms with Crippen molar-refractivity contribution in [3.05, 3.63) is 24.3 Å². The summed E-state index contributed by atoms with van der Waals surface area (Å²) >= 11 is 0. The molecule has 2 rings (SSSR count). The Kier molecular flexibility index (Phi) is 4.35. The minimum Gasteiger partial charge on any atom is -0.410 e. The number of nitrogens with one attached hydrogen (secondary N) is 1. The average Bonchev–Trinajstić information content (AvgIpc) is 2.41. The highest BCUT2D eigenvalue weighted by molar-refractivity contribution is 5.88. The fraction of sp³-hybridized carbons (Fsp3) is 0.385. The van der Waals surface area contributed by atoms with Crippen LogP contribution in [0.2, 0.25) is 0 Å². The molecule has 102 valence electrons. The molecule has 0 bridgehead atoms. The zero-order chi connectivity index (χ0) is 13.7. The summed E-state index contributed by atoms with van der Waals surface area (Å²) in [7, 11) is 0. The van der Waals surface area contributed by atoms with Gasteiger partial charge in [0, 0.05) is 25.7 Å². The molecule has 1 fully saturated rings. The second-order valence-electron chi connectivity index (χ2n) is 4.17. The fourth-order valence-electron chi connectivity index (χ4n) is 1.72. The number of anilines is 1. The Morgan fingerprint density at radius 1 is 1.21 bits per heavy atom. The summed E-state index contributed by atoms with van der Waals surface area (Å²) < 4.78 is 10.4. The zero-order valence-electron chi connectivity index (χ0n) is 10.7. The number of morpholine rings is 1. The van der Waals surface area contributed by atoms with E-state index in [0.717, 1.165) is 0 Å². The molecule has 0 aromatic heterocycles. The lowest BCUT2D eigenvalue weighted by atomic mass is 10.3. The molecule has 0 atom stereocenters. The van der Waals surface area contributed by atoms with E-state index in [0.29, 0.717) is 37.7 Å². The number of rotatable bonds is 2. The van der Waals surface area contributed by atoms with Crippen LogP contribution >= 0.6 is 0 Å². The van der Waals surface area contributed by atoms with Gasteiger partial charge in [-0.3, -0.25) is 4.79 Å². The Bertz CT molecular complexity index is 452. The molecule has 0 unspecified atom stereocenters. The van der Waals surface area contributed by atoms with Crippen molar-refractivity contribution in [1.29, 1.82) is 0 Å². The molecule has 0 spiro atoms. The van der Waals surface area contributed by atoms with Crippen molar-refractivity contribution in [2.75, 3.05) is 31.6 Å². The van der Waals surface area contributed by atoms with E-state index in [2.05, 4.69) is 5.32 Å². The van der Waals surface area contributed by atoms with E-state index in [1.54, 1.807) is 29.2 Å². The SMILES string of the molecule is CC(=O)Nc1ccc(OC(=O)N2CCOCC2)cc1. The molecule has 1 aliphatic rings. The Labute approximate surface area is 111 Å². The average molecular weight is 264 g/mol. The molecule has 6 heteroatoms. The topological polar surface area (TPSA) is 67.9 Å². The Balaban J connectivity index is 1.91. The van der Waals surface area contributed by atoms with Crippen molar-refractivity contribution in [3.8, 4) is 5.75 Å². The second-order valence-corrected chi connectivity index (χ2v) is 4.17. The van der Waals surface area contributed by atoms with E-state index in [1.807, 2.05) is 0 Å². The van der Waals surface area contributed by atoms with E-state index >= 15 is 0 Å².